The number of nitriles is 1. The zero-order chi connectivity index (χ0) is 20.7. The zero-order valence-corrected chi connectivity index (χ0v) is 17.0. The fraction of sp³-hybridized carbons (Fsp3) is 0.333. The molecule has 148 valence electrons. The third-order valence-electron chi connectivity index (χ3n) is 4.89. The van der Waals surface area contributed by atoms with Crippen LogP contribution in [-0.2, 0) is 14.9 Å². The minimum Gasteiger partial charge on any atom is -0.369 e. The fourth-order valence-corrected chi connectivity index (χ4v) is 4.88. The van der Waals surface area contributed by atoms with E-state index in [1.165, 1.54) is 43.5 Å². The van der Waals surface area contributed by atoms with E-state index < -0.39 is 33.6 Å². The van der Waals surface area contributed by atoms with Gasteiger partial charge in [0.25, 0.3) is 5.91 Å². The van der Waals surface area contributed by atoms with E-state index in [9.17, 15) is 17.6 Å². The van der Waals surface area contributed by atoms with Gasteiger partial charge in [-0.2, -0.15) is 29.3 Å². The number of thiophene rings is 1. The Hall–Kier alpha value is -2.32. The Kier molecular flexibility index (Phi) is 5.29. The minimum absolute atomic E-state index is 0.0834. The van der Waals surface area contributed by atoms with Gasteiger partial charge >= 0.3 is 10.2 Å². The lowest BCUT2D eigenvalue weighted by atomic mass is 9.84. The van der Waals surface area contributed by atoms with Gasteiger partial charge in [-0.05, 0) is 42.5 Å². The predicted octanol–water partition coefficient (Wildman–Crippen LogP) is 2.50. The number of likely N-dealkylation sites (N-methyl/N-ethyl adjacent to an activating group) is 1. The molecule has 28 heavy (non-hydrogen) atoms. The van der Waals surface area contributed by atoms with Gasteiger partial charge in [0.1, 0.15) is 18.0 Å². The monoisotopic (exact) mass is 423 g/mol. The summed E-state index contributed by atoms with van der Waals surface area (Å²) in [6.07, 6.45) is -0.711. The van der Waals surface area contributed by atoms with E-state index in [4.69, 9.17) is 10.00 Å². The van der Waals surface area contributed by atoms with Crippen molar-refractivity contribution in [2.45, 2.75) is 25.5 Å². The molecule has 0 radical (unpaired) electrons. The fourth-order valence-electron chi connectivity index (χ4n) is 3.06. The molecule has 2 unspecified atom stereocenters. The van der Waals surface area contributed by atoms with Gasteiger partial charge < -0.3 is 4.74 Å². The van der Waals surface area contributed by atoms with E-state index in [-0.39, 0.29) is 23.3 Å². The number of nitrogens with zero attached hydrogens (tertiary/aromatic N) is 2. The third kappa shape index (κ3) is 3.42. The highest BCUT2D eigenvalue weighted by molar-refractivity contribution is 7.87. The molecule has 1 aliphatic heterocycles. The van der Waals surface area contributed by atoms with Gasteiger partial charge in [0.05, 0.1) is 23.3 Å². The topological polar surface area (TPSA) is 99.5 Å². The van der Waals surface area contributed by atoms with Crippen LogP contribution in [0.15, 0.2) is 29.0 Å². The Morgan fingerprint density at radius 1 is 1.50 bits per heavy atom. The first-order valence-electron chi connectivity index (χ1n) is 8.25. The molecule has 2 heterocycles. The number of carbonyl (C=O) groups is 1. The van der Waals surface area contributed by atoms with Gasteiger partial charge in [0.15, 0.2) is 0 Å². The number of hydrogen-bond acceptors (Lipinski definition) is 6. The number of hydrogen-bond donors (Lipinski definition) is 1. The van der Waals surface area contributed by atoms with E-state index in [0.717, 1.165) is 4.31 Å². The second-order valence-electron chi connectivity index (χ2n) is 6.78. The van der Waals surface area contributed by atoms with Crippen LogP contribution >= 0.6 is 11.3 Å². The standard InChI is InChI=1S/C18H18FN3O4S2/c1-11-6-13(7-14(8-20)15(11)19)16-18(2,10-26-16)22(3)28(24,25)21-17(23)12-4-5-27-9-12/h4-7,9,16H,10H2,1-3H3,(H,21,23). The second-order valence-corrected chi connectivity index (χ2v) is 9.26. The first-order valence-corrected chi connectivity index (χ1v) is 10.6. The van der Waals surface area contributed by atoms with Gasteiger partial charge in [0, 0.05) is 12.4 Å². The maximum atomic E-state index is 14.0. The first-order chi connectivity index (χ1) is 13.1. The molecule has 7 nitrogen and oxygen atoms in total. The SMILES string of the molecule is Cc1cc(C2OCC2(C)N(C)S(=O)(=O)NC(=O)c2ccsc2)cc(C#N)c1F. The Labute approximate surface area is 166 Å². The van der Waals surface area contributed by atoms with Crippen molar-refractivity contribution in [3.05, 3.63) is 57.0 Å². The molecular weight excluding hydrogens is 405 g/mol. The number of nitrogens with one attached hydrogen (secondary N) is 1. The number of halogens is 1. The maximum Gasteiger partial charge on any atom is 0.304 e. The van der Waals surface area contributed by atoms with Gasteiger partial charge in [-0.25, -0.2) is 9.11 Å². The second kappa shape index (κ2) is 7.25. The van der Waals surface area contributed by atoms with Crippen molar-refractivity contribution in [1.82, 2.24) is 9.03 Å². The molecule has 0 aliphatic carbocycles. The van der Waals surface area contributed by atoms with Crippen LogP contribution in [0, 0.1) is 24.1 Å². The van der Waals surface area contributed by atoms with Gasteiger partial charge in [-0.1, -0.05) is 6.07 Å². The van der Waals surface area contributed by atoms with Crippen LogP contribution in [0.25, 0.3) is 0 Å². The molecule has 1 fully saturated rings. The van der Waals surface area contributed by atoms with Crippen LogP contribution < -0.4 is 4.72 Å². The van der Waals surface area contributed by atoms with Gasteiger partial charge in [-0.15, -0.1) is 0 Å². The van der Waals surface area contributed by atoms with Crippen molar-refractivity contribution in [3.8, 4) is 6.07 Å². The number of rotatable bonds is 5. The van der Waals surface area contributed by atoms with Crippen molar-refractivity contribution < 1.29 is 22.3 Å². The highest BCUT2D eigenvalue weighted by atomic mass is 32.2. The lowest BCUT2D eigenvalue weighted by Gasteiger charge is -2.51. The number of aryl methyl sites for hydroxylation is 1. The normalized spacial score (nSPS) is 21.8. The lowest BCUT2D eigenvalue weighted by Crippen LogP contribution is -2.64. The van der Waals surface area contributed by atoms with Crippen molar-refractivity contribution in [2.24, 2.45) is 0 Å². The highest BCUT2D eigenvalue weighted by Gasteiger charge is 2.52. The molecule has 1 N–H and O–H groups in total. The minimum atomic E-state index is -4.16. The average Bonchev–Trinajstić information content (AvgIpc) is 3.16. The first kappa shape index (κ1) is 20.4. The average molecular weight is 423 g/mol. The summed E-state index contributed by atoms with van der Waals surface area (Å²) in [4.78, 5) is 12.2. The van der Waals surface area contributed by atoms with Crippen molar-refractivity contribution in [3.63, 3.8) is 0 Å². The van der Waals surface area contributed by atoms with Crippen LogP contribution in [0.2, 0.25) is 0 Å². The Bertz CT molecular complexity index is 1060. The van der Waals surface area contributed by atoms with Crippen LogP contribution in [0.1, 0.15) is 40.1 Å². The summed E-state index contributed by atoms with van der Waals surface area (Å²) in [6.45, 7) is 3.28. The molecule has 10 heteroatoms. The summed E-state index contributed by atoms with van der Waals surface area (Å²) >= 11 is 1.28. The molecule has 0 spiro atoms. The molecule has 3 rings (SSSR count). The summed E-state index contributed by atoms with van der Waals surface area (Å²) < 4.78 is 48.1. The molecule has 1 aromatic carbocycles. The Morgan fingerprint density at radius 3 is 2.75 bits per heavy atom. The molecule has 0 saturated carbocycles. The molecule has 0 bridgehead atoms. The molecule has 1 amide bonds. The molecule has 2 atom stereocenters. The summed E-state index contributed by atoms with van der Waals surface area (Å²) in [5.74, 6) is -1.34. The molecule has 1 aliphatic rings. The van der Waals surface area contributed by atoms with Crippen LogP contribution in [0.5, 0.6) is 0 Å². The number of amides is 1. The largest absolute Gasteiger partial charge is 0.369 e. The summed E-state index contributed by atoms with van der Waals surface area (Å²) in [6, 6.07) is 6.20. The Balaban J connectivity index is 1.87. The van der Waals surface area contributed by atoms with Crippen molar-refractivity contribution in [1.29, 1.82) is 5.26 Å². The van der Waals surface area contributed by atoms with E-state index in [2.05, 4.69) is 0 Å². The van der Waals surface area contributed by atoms with Crippen molar-refractivity contribution >= 4 is 27.5 Å². The van der Waals surface area contributed by atoms with Gasteiger partial charge in [-0.3, -0.25) is 4.79 Å². The molecule has 1 aromatic heterocycles. The van der Waals surface area contributed by atoms with Crippen LogP contribution in [0.4, 0.5) is 4.39 Å². The molecule has 1 saturated heterocycles. The summed E-state index contributed by atoms with van der Waals surface area (Å²) in [5.41, 5.74) is -0.137. The Morgan fingerprint density at radius 2 is 2.21 bits per heavy atom. The third-order valence-corrected chi connectivity index (χ3v) is 7.16. The predicted molar refractivity (Wildman–Crippen MR) is 101 cm³/mol. The maximum absolute atomic E-state index is 14.0. The van der Waals surface area contributed by atoms with Crippen LogP contribution in [-0.4, -0.2) is 37.8 Å². The lowest BCUT2D eigenvalue weighted by molar-refractivity contribution is -0.170. The van der Waals surface area contributed by atoms with E-state index in [0.29, 0.717) is 5.56 Å². The quantitative estimate of drug-likeness (QED) is 0.797. The zero-order valence-electron chi connectivity index (χ0n) is 15.4. The van der Waals surface area contributed by atoms with Crippen LogP contribution in [0.3, 0.4) is 0 Å². The van der Waals surface area contributed by atoms with Gasteiger partial charge in [0.2, 0.25) is 0 Å². The smallest absolute Gasteiger partial charge is 0.304 e. The number of benzene rings is 1. The van der Waals surface area contributed by atoms with Crippen molar-refractivity contribution in [2.75, 3.05) is 13.7 Å². The number of ether oxygens (including phenoxy) is 1. The summed E-state index contributed by atoms with van der Waals surface area (Å²) in [7, 11) is -2.81. The summed E-state index contributed by atoms with van der Waals surface area (Å²) in [5, 5.41) is 12.3. The van der Waals surface area contributed by atoms with E-state index >= 15 is 0 Å². The number of carbonyl (C=O) groups excluding carboxylic acids is 1. The van der Waals surface area contributed by atoms with E-state index in [1.807, 2.05) is 4.72 Å². The molecule has 2 aromatic rings. The molecular formula is C18H18FN3O4S2. The van der Waals surface area contributed by atoms with E-state index in [1.54, 1.807) is 23.8 Å². The highest BCUT2D eigenvalue weighted by Crippen LogP contribution is 2.44.